The number of anilines is 1. The zero-order chi connectivity index (χ0) is 14.3. The largest absolute Gasteiger partial charge is 0.389 e. The van der Waals surface area contributed by atoms with Crippen LogP contribution < -0.4 is 16.0 Å². The van der Waals surface area contributed by atoms with Crippen molar-refractivity contribution in [3.8, 4) is 0 Å². The molecule has 2 heterocycles. The summed E-state index contributed by atoms with van der Waals surface area (Å²) in [6.07, 6.45) is 1.97. The highest BCUT2D eigenvalue weighted by Crippen LogP contribution is 2.35. The number of benzene rings is 1. The molecule has 106 valence electrons. The molecule has 2 unspecified atom stereocenters. The molecule has 2 atom stereocenters. The van der Waals surface area contributed by atoms with Crippen LogP contribution in [0.15, 0.2) is 22.7 Å². The quantitative estimate of drug-likeness (QED) is 0.796. The first-order valence-corrected chi connectivity index (χ1v) is 7.92. The summed E-state index contributed by atoms with van der Waals surface area (Å²) >= 11 is 8.71. The van der Waals surface area contributed by atoms with Crippen molar-refractivity contribution in [1.82, 2.24) is 5.32 Å². The maximum Gasteiger partial charge on any atom is 0.225 e. The van der Waals surface area contributed by atoms with Crippen LogP contribution in [0.3, 0.4) is 0 Å². The molecule has 3 N–H and O–H groups in total. The Bertz CT molecular complexity index is 578. The highest BCUT2D eigenvalue weighted by atomic mass is 79.9. The van der Waals surface area contributed by atoms with E-state index in [-0.39, 0.29) is 17.9 Å². The zero-order valence-corrected chi connectivity index (χ0v) is 13.3. The number of amides is 1. The number of carbonyl (C=O) groups is 1. The summed E-state index contributed by atoms with van der Waals surface area (Å²) in [6, 6.07) is 6.16. The number of nitrogens with zero attached hydrogens (tertiary/aromatic N) is 1. The molecule has 2 aliphatic heterocycles. The summed E-state index contributed by atoms with van der Waals surface area (Å²) in [5, 5.41) is 2.97. The molecule has 6 heteroatoms. The first kappa shape index (κ1) is 13.8. The highest BCUT2D eigenvalue weighted by molar-refractivity contribution is 9.10. The molecular formula is C14H16BrN3OS. The first-order valence-electron chi connectivity index (χ1n) is 6.72. The Balaban J connectivity index is 2.02. The molecule has 3 rings (SSSR count). The number of hydrogen-bond donors (Lipinski definition) is 2. The molecule has 2 fully saturated rings. The van der Waals surface area contributed by atoms with Crippen molar-refractivity contribution in [2.24, 2.45) is 11.7 Å². The number of fused-ring (bicyclic) bond motifs is 1. The van der Waals surface area contributed by atoms with E-state index in [9.17, 15) is 4.79 Å². The van der Waals surface area contributed by atoms with Crippen LogP contribution >= 0.6 is 28.1 Å². The third-order valence-corrected chi connectivity index (χ3v) is 5.01. The predicted molar refractivity (Wildman–Crippen MR) is 86.9 cm³/mol. The van der Waals surface area contributed by atoms with Gasteiger partial charge in [-0.25, -0.2) is 0 Å². The van der Waals surface area contributed by atoms with Crippen molar-refractivity contribution in [3.05, 3.63) is 28.2 Å². The lowest BCUT2D eigenvalue weighted by Gasteiger charge is -2.38. The lowest BCUT2D eigenvalue weighted by atomic mass is 9.90. The third kappa shape index (κ3) is 2.20. The summed E-state index contributed by atoms with van der Waals surface area (Å²) in [4.78, 5) is 14.5. The first-order chi connectivity index (χ1) is 9.59. The lowest BCUT2D eigenvalue weighted by Crippen LogP contribution is -2.46. The molecule has 20 heavy (non-hydrogen) atoms. The standard InChI is InChI=1S/C14H16BrN3OS/c15-9-4-1-5-10(12(9)13(16)20)18-6-2-3-8-11(18)7-17-14(8)19/h1,4-5,8,11H,2-3,6-7H2,(H2,16,20)(H,17,19). The van der Waals surface area contributed by atoms with Gasteiger partial charge in [0.15, 0.2) is 0 Å². The van der Waals surface area contributed by atoms with E-state index in [2.05, 4.69) is 26.1 Å². The third-order valence-electron chi connectivity index (χ3n) is 4.15. The van der Waals surface area contributed by atoms with Crippen molar-refractivity contribution in [3.63, 3.8) is 0 Å². The number of halogens is 1. The van der Waals surface area contributed by atoms with Gasteiger partial charge < -0.3 is 16.0 Å². The number of nitrogens with two attached hydrogens (primary N) is 1. The number of thiocarbonyl (C=S) groups is 1. The van der Waals surface area contributed by atoms with Crippen LogP contribution in [0.4, 0.5) is 5.69 Å². The second-order valence-corrected chi connectivity index (χ2v) is 6.55. The fraction of sp³-hybridized carbons (Fsp3) is 0.429. The molecule has 0 aliphatic carbocycles. The minimum absolute atomic E-state index is 0.0851. The Hall–Kier alpha value is -1.14. The van der Waals surface area contributed by atoms with Gasteiger partial charge in [0.1, 0.15) is 4.99 Å². The maximum atomic E-state index is 11.9. The van der Waals surface area contributed by atoms with Crippen LogP contribution in [0.25, 0.3) is 0 Å². The van der Waals surface area contributed by atoms with E-state index in [0.29, 0.717) is 11.5 Å². The molecule has 1 aromatic rings. The number of carbonyl (C=O) groups excluding carboxylic acids is 1. The number of hydrogen-bond acceptors (Lipinski definition) is 3. The minimum Gasteiger partial charge on any atom is -0.389 e. The van der Waals surface area contributed by atoms with Crippen molar-refractivity contribution in [2.45, 2.75) is 18.9 Å². The summed E-state index contributed by atoms with van der Waals surface area (Å²) in [5.41, 5.74) is 7.77. The Morgan fingerprint density at radius 3 is 3.05 bits per heavy atom. The molecular weight excluding hydrogens is 338 g/mol. The van der Waals surface area contributed by atoms with Gasteiger partial charge in [0, 0.05) is 28.8 Å². The van der Waals surface area contributed by atoms with E-state index >= 15 is 0 Å². The second-order valence-electron chi connectivity index (χ2n) is 5.25. The maximum absolute atomic E-state index is 11.9. The number of nitrogens with one attached hydrogen (secondary N) is 1. The zero-order valence-electron chi connectivity index (χ0n) is 10.9. The van der Waals surface area contributed by atoms with Crippen LogP contribution in [0.5, 0.6) is 0 Å². The number of rotatable bonds is 2. The van der Waals surface area contributed by atoms with Gasteiger partial charge in [0.2, 0.25) is 5.91 Å². The smallest absolute Gasteiger partial charge is 0.225 e. The molecule has 4 nitrogen and oxygen atoms in total. The molecule has 0 saturated carbocycles. The van der Waals surface area contributed by atoms with Crippen molar-refractivity contribution in [1.29, 1.82) is 0 Å². The fourth-order valence-electron chi connectivity index (χ4n) is 3.25. The van der Waals surface area contributed by atoms with E-state index in [0.717, 1.165) is 35.1 Å². The molecule has 0 spiro atoms. The van der Waals surface area contributed by atoms with Gasteiger partial charge >= 0.3 is 0 Å². The lowest BCUT2D eigenvalue weighted by molar-refractivity contribution is -0.122. The Morgan fingerprint density at radius 2 is 2.30 bits per heavy atom. The fourth-order valence-corrected chi connectivity index (χ4v) is 4.16. The molecule has 2 aliphatic rings. The van der Waals surface area contributed by atoms with Crippen molar-refractivity contribution in [2.75, 3.05) is 18.0 Å². The van der Waals surface area contributed by atoms with Gasteiger partial charge in [0.05, 0.1) is 12.0 Å². The van der Waals surface area contributed by atoms with E-state index < -0.39 is 0 Å². The molecule has 2 saturated heterocycles. The minimum atomic E-state index is 0.0851. The van der Waals surface area contributed by atoms with Crippen LogP contribution in [0.2, 0.25) is 0 Å². The average molecular weight is 354 g/mol. The van der Waals surface area contributed by atoms with Gasteiger partial charge in [-0.3, -0.25) is 4.79 Å². The molecule has 1 aromatic carbocycles. The molecule has 0 bridgehead atoms. The predicted octanol–water partition coefficient (Wildman–Crippen LogP) is 1.80. The van der Waals surface area contributed by atoms with Gasteiger partial charge in [-0.05, 0) is 40.9 Å². The molecule has 0 radical (unpaired) electrons. The van der Waals surface area contributed by atoms with Crippen LogP contribution in [-0.4, -0.2) is 30.0 Å². The molecule has 0 aromatic heterocycles. The van der Waals surface area contributed by atoms with E-state index in [4.69, 9.17) is 18.0 Å². The van der Waals surface area contributed by atoms with Gasteiger partial charge in [-0.15, -0.1) is 0 Å². The second kappa shape index (κ2) is 5.33. The van der Waals surface area contributed by atoms with Crippen LogP contribution in [0, 0.1) is 5.92 Å². The van der Waals surface area contributed by atoms with Gasteiger partial charge in [-0.2, -0.15) is 0 Å². The topological polar surface area (TPSA) is 58.4 Å². The summed E-state index contributed by atoms with van der Waals surface area (Å²) in [6.45, 7) is 1.63. The Morgan fingerprint density at radius 1 is 1.50 bits per heavy atom. The summed E-state index contributed by atoms with van der Waals surface area (Å²) in [5.74, 6) is 0.258. The van der Waals surface area contributed by atoms with Gasteiger partial charge in [-0.1, -0.05) is 18.3 Å². The average Bonchev–Trinajstić information content (AvgIpc) is 2.80. The van der Waals surface area contributed by atoms with Crippen molar-refractivity contribution >= 4 is 44.7 Å². The normalized spacial score (nSPS) is 25.2. The highest BCUT2D eigenvalue weighted by Gasteiger charge is 2.41. The monoisotopic (exact) mass is 353 g/mol. The van der Waals surface area contributed by atoms with Crippen LogP contribution in [0.1, 0.15) is 18.4 Å². The molecule has 1 amide bonds. The number of piperidine rings is 1. The van der Waals surface area contributed by atoms with Crippen molar-refractivity contribution < 1.29 is 4.79 Å². The van der Waals surface area contributed by atoms with E-state index in [1.807, 2.05) is 18.2 Å². The Kier molecular flexibility index (Phi) is 3.69. The Labute approximate surface area is 131 Å². The van der Waals surface area contributed by atoms with Crippen LogP contribution in [-0.2, 0) is 4.79 Å². The SMILES string of the molecule is NC(=S)c1c(Br)cccc1N1CCCC2C(=O)NCC21. The summed E-state index contributed by atoms with van der Waals surface area (Å²) in [7, 11) is 0. The van der Waals surface area contributed by atoms with Gasteiger partial charge in [0.25, 0.3) is 0 Å². The van der Waals surface area contributed by atoms with E-state index in [1.54, 1.807) is 0 Å². The summed E-state index contributed by atoms with van der Waals surface area (Å²) < 4.78 is 0.905. The van der Waals surface area contributed by atoms with E-state index in [1.165, 1.54) is 0 Å².